The number of para-hydroxylation sites is 1. The van der Waals surface area contributed by atoms with E-state index in [0.717, 1.165) is 32.0 Å². The summed E-state index contributed by atoms with van der Waals surface area (Å²) < 4.78 is 5.61. The van der Waals surface area contributed by atoms with E-state index in [-0.39, 0.29) is 17.1 Å². The van der Waals surface area contributed by atoms with Gasteiger partial charge in [0.05, 0.1) is 5.39 Å². The molecule has 138 valence electrons. The Balaban J connectivity index is 1.32. The van der Waals surface area contributed by atoms with Crippen molar-refractivity contribution in [3.63, 3.8) is 0 Å². The zero-order valence-corrected chi connectivity index (χ0v) is 15.6. The number of hydrogen-bond donors (Lipinski definition) is 1. The molecule has 2 saturated heterocycles. The number of thioether (sulfide) groups is 1. The molecule has 1 aromatic heterocycles. The van der Waals surface area contributed by atoms with E-state index in [1.807, 2.05) is 0 Å². The molecule has 1 atom stereocenters. The molecule has 2 aliphatic rings. The second kappa shape index (κ2) is 7.84. The standard InChI is InChI=1S/C20H24N2O3S/c23-17-11-19(25-18-4-2-1-3-16(17)18)20(24)21-12-14-5-8-22(9-6-14)15-7-10-26-13-15/h1-4,11,14-15H,5-10,12-13H2,(H,21,24)/t15-/m1/s1. The molecule has 0 radical (unpaired) electrons. The van der Waals surface area contributed by atoms with Crippen molar-refractivity contribution in [3.8, 4) is 0 Å². The Labute approximate surface area is 157 Å². The first-order chi connectivity index (χ1) is 12.7. The lowest BCUT2D eigenvalue weighted by Crippen LogP contribution is -2.43. The molecular formula is C20H24N2O3S. The zero-order chi connectivity index (χ0) is 17.9. The van der Waals surface area contributed by atoms with Crippen LogP contribution >= 0.6 is 11.8 Å². The van der Waals surface area contributed by atoms with Gasteiger partial charge in [0.1, 0.15) is 5.58 Å². The molecule has 2 aromatic rings. The second-order valence-electron chi connectivity index (χ2n) is 7.18. The Morgan fingerprint density at radius 2 is 2.04 bits per heavy atom. The van der Waals surface area contributed by atoms with Crippen LogP contribution in [-0.2, 0) is 0 Å². The average Bonchev–Trinajstić information content (AvgIpc) is 3.21. The van der Waals surface area contributed by atoms with Crippen molar-refractivity contribution < 1.29 is 9.21 Å². The topological polar surface area (TPSA) is 62.6 Å². The first-order valence-corrected chi connectivity index (χ1v) is 10.5. The van der Waals surface area contributed by atoms with Gasteiger partial charge in [-0.05, 0) is 56.2 Å². The number of nitrogens with one attached hydrogen (secondary N) is 1. The van der Waals surface area contributed by atoms with Gasteiger partial charge in [0.25, 0.3) is 5.91 Å². The van der Waals surface area contributed by atoms with Crippen LogP contribution in [0.1, 0.15) is 29.8 Å². The van der Waals surface area contributed by atoms with Crippen molar-refractivity contribution in [1.29, 1.82) is 0 Å². The summed E-state index contributed by atoms with van der Waals surface area (Å²) in [6.07, 6.45) is 3.54. The first-order valence-electron chi connectivity index (χ1n) is 9.33. The van der Waals surface area contributed by atoms with E-state index < -0.39 is 0 Å². The van der Waals surface area contributed by atoms with Crippen molar-refractivity contribution in [3.05, 3.63) is 46.3 Å². The summed E-state index contributed by atoms with van der Waals surface area (Å²) in [4.78, 5) is 27.1. The lowest BCUT2D eigenvalue weighted by atomic mass is 9.95. The SMILES string of the molecule is O=C(NCC1CCN([C@@H]2CCSC2)CC1)c1cc(=O)c2ccccc2o1. The maximum absolute atomic E-state index is 12.4. The Hall–Kier alpha value is -1.79. The summed E-state index contributed by atoms with van der Waals surface area (Å²) in [6.45, 7) is 2.89. The summed E-state index contributed by atoms with van der Waals surface area (Å²) in [5.74, 6) is 2.84. The Bertz CT molecular complexity index is 836. The fraction of sp³-hybridized carbons (Fsp3) is 0.500. The monoisotopic (exact) mass is 372 g/mol. The molecule has 1 N–H and O–H groups in total. The summed E-state index contributed by atoms with van der Waals surface area (Å²) in [6, 6.07) is 9.05. The molecule has 0 bridgehead atoms. The molecule has 2 aliphatic heterocycles. The van der Waals surface area contributed by atoms with E-state index in [1.165, 1.54) is 24.0 Å². The van der Waals surface area contributed by atoms with Gasteiger partial charge in [0.2, 0.25) is 0 Å². The minimum Gasteiger partial charge on any atom is -0.451 e. The summed E-state index contributed by atoms with van der Waals surface area (Å²) >= 11 is 2.06. The van der Waals surface area contributed by atoms with Gasteiger partial charge in [-0.15, -0.1) is 0 Å². The van der Waals surface area contributed by atoms with Gasteiger partial charge in [0.15, 0.2) is 11.2 Å². The van der Waals surface area contributed by atoms with E-state index in [1.54, 1.807) is 24.3 Å². The van der Waals surface area contributed by atoms with Crippen LogP contribution in [0.4, 0.5) is 0 Å². The normalized spacial score (nSPS) is 21.9. The number of fused-ring (bicyclic) bond motifs is 1. The van der Waals surface area contributed by atoms with E-state index in [9.17, 15) is 9.59 Å². The molecule has 3 heterocycles. The van der Waals surface area contributed by atoms with Gasteiger partial charge >= 0.3 is 0 Å². The molecule has 0 aliphatic carbocycles. The van der Waals surface area contributed by atoms with E-state index in [2.05, 4.69) is 22.0 Å². The number of hydrogen-bond acceptors (Lipinski definition) is 5. The number of carbonyl (C=O) groups is 1. The highest BCUT2D eigenvalue weighted by Gasteiger charge is 2.27. The number of nitrogens with zero attached hydrogens (tertiary/aromatic N) is 1. The van der Waals surface area contributed by atoms with E-state index in [0.29, 0.717) is 23.4 Å². The molecule has 6 heteroatoms. The molecule has 0 saturated carbocycles. The highest BCUT2D eigenvalue weighted by molar-refractivity contribution is 7.99. The molecule has 1 aromatic carbocycles. The minimum atomic E-state index is -0.303. The Morgan fingerprint density at radius 3 is 2.81 bits per heavy atom. The molecule has 0 unspecified atom stereocenters. The largest absolute Gasteiger partial charge is 0.451 e. The third-order valence-corrected chi connectivity index (χ3v) is 6.63. The number of likely N-dealkylation sites (tertiary alicyclic amines) is 1. The lowest BCUT2D eigenvalue weighted by molar-refractivity contribution is 0.0902. The van der Waals surface area contributed by atoms with Crippen LogP contribution in [0.5, 0.6) is 0 Å². The van der Waals surface area contributed by atoms with Gasteiger partial charge < -0.3 is 9.73 Å². The Morgan fingerprint density at radius 1 is 1.23 bits per heavy atom. The maximum Gasteiger partial charge on any atom is 0.287 e. The first kappa shape index (κ1) is 17.6. The van der Waals surface area contributed by atoms with Gasteiger partial charge in [-0.3, -0.25) is 14.5 Å². The molecule has 0 spiro atoms. The number of piperidine rings is 1. The maximum atomic E-state index is 12.4. The highest BCUT2D eigenvalue weighted by atomic mass is 32.2. The zero-order valence-electron chi connectivity index (χ0n) is 14.8. The minimum absolute atomic E-state index is 0.0918. The van der Waals surface area contributed by atoms with Crippen LogP contribution in [0.2, 0.25) is 0 Å². The summed E-state index contributed by atoms with van der Waals surface area (Å²) in [7, 11) is 0. The highest BCUT2D eigenvalue weighted by Crippen LogP contribution is 2.26. The van der Waals surface area contributed by atoms with Crippen molar-refractivity contribution in [2.24, 2.45) is 5.92 Å². The fourth-order valence-corrected chi connectivity index (χ4v) is 5.13. The van der Waals surface area contributed by atoms with Crippen molar-refractivity contribution in [2.75, 3.05) is 31.1 Å². The molecular weight excluding hydrogens is 348 g/mol. The van der Waals surface area contributed by atoms with Crippen LogP contribution < -0.4 is 10.7 Å². The van der Waals surface area contributed by atoms with Crippen LogP contribution in [-0.4, -0.2) is 48.0 Å². The lowest BCUT2D eigenvalue weighted by Gasteiger charge is -2.35. The van der Waals surface area contributed by atoms with Gasteiger partial charge in [-0.2, -0.15) is 11.8 Å². The number of benzene rings is 1. The smallest absolute Gasteiger partial charge is 0.287 e. The number of rotatable bonds is 4. The third kappa shape index (κ3) is 3.81. The van der Waals surface area contributed by atoms with Crippen molar-refractivity contribution in [1.82, 2.24) is 10.2 Å². The van der Waals surface area contributed by atoms with Crippen LogP contribution in [0.15, 0.2) is 39.5 Å². The van der Waals surface area contributed by atoms with E-state index >= 15 is 0 Å². The van der Waals surface area contributed by atoms with Gasteiger partial charge in [0, 0.05) is 24.4 Å². The van der Waals surface area contributed by atoms with Crippen LogP contribution in [0.3, 0.4) is 0 Å². The predicted molar refractivity (Wildman–Crippen MR) is 105 cm³/mol. The second-order valence-corrected chi connectivity index (χ2v) is 8.33. The van der Waals surface area contributed by atoms with Crippen LogP contribution in [0.25, 0.3) is 11.0 Å². The number of carbonyl (C=O) groups excluding carboxylic acids is 1. The molecule has 26 heavy (non-hydrogen) atoms. The third-order valence-electron chi connectivity index (χ3n) is 5.48. The Kier molecular flexibility index (Phi) is 5.31. The van der Waals surface area contributed by atoms with Gasteiger partial charge in [-0.25, -0.2) is 0 Å². The van der Waals surface area contributed by atoms with Crippen molar-refractivity contribution >= 4 is 28.6 Å². The fourth-order valence-electron chi connectivity index (χ4n) is 3.87. The molecule has 2 fully saturated rings. The summed E-state index contributed by atoms with van der Waals surface area (Å²) in [5, 5.41) is 3.45. The predicted octanol–water partition coefficient (Wildman–Crippen LogP) is 2.74. The molecule has 5 nitrogen and oxygen atoms in total. The molecule has 4 rings (SSSR count). The van der Waals surface area contributed by atoms with Crippen molar-refractivity contribution in [2.45, 2.75) is 25.3 Å². The van der Waals surface area contributed by atoms with Crippen LogP contribution in [0, 0.1) is 5.92 Å². The quantitative estimate of drug-likeness (QED) is 0.894. The molecule has 1 amide bonds. The van der Waals surface area contributed by atoms with Gasteiger partial charge in [-0.1, -0.05) is 12.1 Å². The summed E-state index contributed by atoms with van der Waals surface area (Å²) in [5.41, 5.74) is 0.271. The average molecular weight is 372 g/mol. The number of amides is 1. The van der Waals surface area contributed by atoms with E-state index in [4.69, 9.17) is 4.42 Å².